The molecule has 1 aliphatic rings. The Hall–Kier alpha value is -1.43. The van der Waals surface area contributed by atoms with E-state index in [0.29, 0.717) is 6.54 Å². The SMILES string of the molecule is CCC(CO)N1CCN(CC(=O)Nc2c(C)cc(C)cc2C)CC1. The molecule has 1 atom stereocenters. The Balaban J connectivity index is 1.86. The normalized spacial score (nSPS) is 17.7. The molecule has 1 aromatic rings. The first-order valence-corrected chi connectivity index (χ1v) is 8.89. The van der Waals surface area contributed by atoms with E-state index in [4.69, 9.17) is 0 Å². The van der Waals surface area contributed by atoms with E-state index < -0.39 is 0 Å². The minimum absolute atomic E-state index is 0.0488. The Morgan fingerprint density at radius 1 is 1.17 bits per heavy atom. The number of amides is 1. The van der Waals surface area contributed by atoms with Gasteiger partial charge in [-0.1, -0.05) is 24.6 Å². The van der Waals surface area contributed by atoms with Crippen molar-refractivity contribution in [3.05, 3.63) is 28.8 Å². The number of aryl methyl sites for hydroxylation is 3. The molecule has 1 aliphatic heterocycles. The number of carbonyl (C=O) groups is 1. The molecule has 1 heterocycles. The third-order valence-electron chi connectivity index (χ3n) is 4.91. The van der Waals surface area contributed by atoms with E-state index in [1.165, 1.54) is 5.56 Å². The maximum atomic E-state index is 12.4. The maximum absolute atomic E-state index is 12.4. The van der Waals surface area contributed by atoms with Crippen LogP contribution in [0.15, 0.2) is 12.1 Å². The number of benzene rings is 1. The zero-order valence-electron chi connectivity index (χ0n) is 15.4. The molecule has 134 valence electrons. The zero-order chi connectivity index (χ0) is 17.7. The molecular weight excluding hydrogens is 302 g/mol. The van der Waals surface area contributed by atoms with Crippen molar-refractivity contribution in [3.8, 4) is 0 Å². The van der Waals surface area contributed by atoms with E-state index in [2.05, 4.69) is 41.1 Å². The van der Waals surface area contributed by atoms with E-state index in [9.17, 15) is 9.90 Å². The second kappa shape index (κ2) is 8.60. The zero-order valence-corrected chi connectivity index (χ0v) is 15.4. The van der Waals surface area contributed by atoms with Crippen molar-refractivity contribution in [3.63, 3.8) is 0 Å². The van der Waals surface area contributed by atoms with Crippen molar-refractivity contribution in [2.45, 2.75) is 40.2 Å². The number of carbonyl (C=O) groups excluding carboxylic acids is 1. The fraction of sp³-hybridized carbons (Fsp3) is 0.632. The van der Waals surface area contributed by atoms with Crippen LogP contribution in [0.3, 0.4) is 0 Å². The number of nitrogens with zero attached hydrogens (tertiary/aromatic N) is 2. The predicted octanol–water partition coefficient (Wildman–Crippen LogP) is 1.94. The van der Waals surface area contributed by atoms with Crippen molar-refractivity contribution in [1.29, 1.82) is 0 Å². The van der Waals surface area contributed by atoms with E-state index in [1.807, 2.05) is 13.8 Å². The molecule has 2 N–H and O–H groups in total. The summed E-state index contributed by atoms with van der Waals surface area (Å²) in [6.07, 6.45) is 0.961. The van der Waals surface area contributed by atoms with Gasteiger partial charge in [0.2, 0.25) is 5.91 Å². The standard InChI is InChI=1S/C19H31N3O2/c1-5-17(13-23)22-8-6-21(7-9-22)12-18(24)20-19-15(3)10-14(2)11-16(19)4/h10-11,17,23H,5-9,12-13H2,1-4H3,(H,20,24). The van der Waals surface area contributed by atoms with Gasteiger partial charge in [0, 0.05) is 37.9 Å². The Bertz CT molecular complexity index is 539. The number of hydrogen-bond donors (Lipinski definition) is 2. The molecular formula is C19H31N3O2. The van der Waals surface area contributed by atoms with Gasteiger partial charge in [-0.25, -0.2) is 0 Å². The maximum Gasteiger partial charge on any atom is 0.238 e. The number of nitrogens with one attached hydrogen (secondary N) is 1. The van der Waals surface area contributed by atoms with E-state index >= 15 is 0 Å². The summed E-state index contributed by atoms with van der Waals surface area (Å²) in [6, 6.07) is 4.45. The third kappa shape index (κ3) is 4.79. The van der Waals surface area contributed by atoms with E-state index in [1.54, 1.807) is 0 Å². The summed E-state index contributed by atoms with van der Waals surface area (Å²) in [5, 5.41) is 12.5. The Kier molecular flexibility index (Phi) is 6.78. The van der Waals surface area contributed by atoms with Gasteiger partial charge in [-0.15, -0.1) is 0 Å². The largest absolute Gasteiger partial charge is 0.395 e. The number of anilines is 1. The van der Waals surface area contributed by atoms with Crippen LogP contribution >= 0.6 is 0 Å². The highest BCUT2D eigenvalue weighted by molar-refractivity contribution is 5.93. The average Bonchev–Trinajstić information content (AvgIpc) is 2.53. The quantitative estimate of drug-likeness (QED) is 0.835. The average molecular weight is 333 g/mol. The number of aliphatic hydroxyl groups excluding tert-OH is 1. The lowest BCUT2D eigenvalue weighted by Crippen LogP contribution is -2.52. The first kappa shape index (κ1) is 18.9. The number of hydrogen-bond acceptors (Lipinski definition) is 4. The van der Waals surface area contributed by atoms with Gasteiger partial charge in [0.05, 0.1) is 13.2 Å². The predicted molar refractivity (Wildman–Crippen MR) is 98.5 cm³/mol. The summed E-state index contributed by atoms with van der Waals surface area (Å²) in [6.45, 7) is 12.4. The molecule has 0 radical (unpaired) electrons. The van der Waals surface area contributed by atoms with Gasteiger partial charge in [-0.3, -0.25) is 14.6 Å². The van der Waals surface area contributed by atoms with Gasteiger partial charge in [-0.05, 0) is 38.3 Å². The van der Waals surface area contributed by atoms with Crippen LogP contribution in [0.25, 0.3) is 0 Å². The second-order valence-electron chi connectivity index (χ2n) is 6.88. The Morgan fingerprint density at radius 2 is 1.75 bits per heavy atom. The molecule has 2 rings (SSSR count). The van der Waals surface area contributed by atoms with E-state index in [0.717, 1.165) is 49.4 Å². The van der Waals surface area contributed by atoms with Crippen LogP contribution in [-0.2, 0) is 4.79 Å². The van der Waals surface area contributed by atoms with E-state index in [-0.39, 0.29) is 18.6 Å². The lowest BCUT2D eigenvalue weighted by Gasteiger charge is -2.38. The van der Waals surface area contributed by atoms with Crippen molar-refractivity contribution in [1.82, 2.24) is 9.80 Å². The van der Waals surface area contributed by atoms with Crippen LogP contribution in [0.1, 0.15) is 30.0 Å². The first-order valence-electron chi connectivity index (χ1n) is 8.89. The fourth-order valence-electron chi connectivity index (χ4n) is 3.55. The summed E-state index contributed by atoms with van der Waals surface area (Å²) in [7, 11) is 0. The summed E-state index contributed by atoms with van der Waals surface area (Å²) < 4.78 is 0. The lowest BCUT2D eigenvalue weighted by molar-refractivity contribution is -0.117. The highest BCUT2D eigenvalue weighted by Crippen LogP contribution is 2.22. The van der Waals surface area contributed by atoms with Crippen LogP contribution in [0, 0.1) is 20.8 Å². The monoisotopic (exact) mass is 333 g/mol. The summed E-state index contributed by atoms with van der Waals surface area (Å²) >= 11 is 0. The van der Waals surface area contributed by atoms with Gasteiger partial charge < -0.3 is 10.4 Å². The molecule has 1 amide bonds. The first-order chi connectivity index (χ1) is 11.4. The van der Waals surface area contributed by atoms with Gasteiger partial charge in [-0.2, -0.15) is 0 Å². The Morgan fingerprint density at radius 3 is 2.25 bits per heavy atom. The van der Waals surface area contributed by atoms with Gasteiger partial charge in [0.15, 0.2) is 0 Å². The third-order valence-corrected chi connectivity index (χ3v) is 4.91. The molecule has 0 spiro atoms. The van der Waals surface area contributed by atoms with Gasteiger partial charge in [0.1, 0.15) is 0 Å². The molecule has 1 saturated heterocycles. The van der Waals surface area contributed by atoms with Crippen LogP contribution in [-0.4, -0.2) is 66.2 Å². The van der Waals surface area contributed by atoms with Crippen LogP contribution < -0.4 is 5.32 Å². The summed E-state index contributed by atoms with van der Waals surface area (Å²) in [4.78, 5) is 16.9. The lowest BCUT2D eigenvalue weighted by atomic mass is 10.1. The molecule has 5 nitrogen and oxygen atoms in total. The molecule has 1 aromatic carbocycles. The van der Waals surface area contributed by atoms with Crippen molar-refractivity contribution < 1.29 is 9.90 Å². The van der Waals surface area contributed by atoms with Crippen molar-refractivity contribution >= 4 is 11.6 Å². The second-order valence-corrected chi connectivity index (χ2v) is 6.88. The highest BCUT2D eigenvalue weighted by Gasteiger charge is 2.23. The smallest absolute Gasteiger partial charge is 0.238 e. The van der Waals surface area contributed by atoms with Gasteiger partial charge in [0.25, 0.3) is 0 Å². The fourth-order valence-corrected chi connectivity index (χ4v) is 3.55. The number of aliphatic hydroxyl groups is 1. The molecule has 0 bridgehead atoms. The van der Waals surface area contributed by atoms with Crippen LogP contribution in [0.2, 0.25) is 0 Å². The minimum Gasteiger partial charge on any atom is -0.395 e. The van der Waals surface area contributed by atoms with Crippen molar-refractivity contribution in [2.24, 2.45) is 0 Å². The highest BCUT2D eigenvalue weighted by atomic mass is 16.3. The summed E-state index contributed by atoms with van der Waals surface area (Å²) in [5.74, 6) is 0.0488. The van der Waals surface area contributed by atoms with Gasteiger partial charge >= 0.3 is 0 Å². The minimum atomic E-state index is 0.0488. The molecule has 24 heavy (non-hydrogen) atoms. The van der Waals surface area contributed by atoms with Crippen LogP contribution in [0.5, 0.6) is 0 Å². The molecule has 1 fully saturated rings. The number of piperazine rings is 1. The molecule has 5 heteroatoms. The van der Waals surface area contributed by atoms with Crippen molar-refractivity contribution in [2.75, 3.05) is 44.6 Å². The Labute approximate surface area is 145 Å². The molecule has 0 aliphatic carbocycles. The molecule has 1 unspecified atom stereocenters. The molecule has 0 saturated carbocycles. The number of rotatable bonds is 6. The molecule has 0 aromatic heterocycles. The van der Waals surface area contributed by atoms with Crippen LogP contribution in [0.4, 0.5) is 5.69 Å². The summed E-state index contributed by atoms with van der Waals surface area (Å²) in [5.41, 5.74) is 4.38. The topological polar surface area (TPSA) is 55.8 Å².